The molecule has 4 nitrogen and oxygen atoms in total. The summed E-state index contributed by atoms with van der Waals surface area (Å²) >= 11 is 0. The van der Waals surface area contributed by atoms with Crippen LogP contribution < -0.4 is 0 Å². The standard InChI is InChI=1S/C14H32N4.HI/c1-16(2)13-11-9-7-8-10-12-15-14(17(3)4)18(5)6;/h7-13H2,1-6H3;1H. The van der Waals surface area contributed by atoms with Gasteiger partial charge >= 0.3 is 0 Å². The van der Waals surface area contributed by atoms with E-state index in [2.05, 4.69) is 33.8 Å². The number of halogens is 1. The van der Waals surface area contributed by atoms with Crippen molar-refractivity contribution in [3.05, 3.63) is 0 Å². The second-order valence-electron chi connectivity index (χ2n) is 5.54. The number of hydrogen-bond acceptors (Lipinski definition) is 2. The highest BCUT2D eigenvalue weighted by atomic mass is 127. The molecule has 0 aromatic carbocycles. The fraction of sp³-hybridized carbons (Fsp3) is 0.929. The molecule has 0 saturated carbocycles. The summed E-state index contributed by atoms with van der Waals surface area (Å²) < 4.78 is 0. The summed E-state index contributed by atoms with van der Waals surface area (Å²) in [6, 6.07) is 0. The number of rotatable bonds is 8. The predicted molar refractivity (Wildman–Crippen MR) is 96.7 cm³/mol. The number of nitrogens with zero attached hydrogens (tertiary/aromatic N) is 4. The summed E-state index contributed by atoms with van der Waals surface area (Å²) in [5.74, 6) is 1.06. The molecule has 0 bridgehead atoms. The average molecular weight is 384 g/mol. The highest BCUT2D eigenvalue weighted by molar-refractivity contribution is 14.0. The van der Waals surface area contributed by atoms with Crippen molar-refractivity contribution in [3.63, 3.8) is 0 Å². The normalized spacial score (nSPS) is 10.1. The molecule has 0 fully saturated rings. The molecule has 0 aromatic rings. The zero-order valence-electron chi connectivity index (χ0n) is 13.6. The molecular formula is C14H33IN4. The van der Waals surface area contributed by atoms with Crippen LogP contribution in [0.2, 0.25) is 0 Å². The molecule has 116 valence electrons. The molecule has 0 spiro atoms. The Balaban J connectivity index is 0. The van der Waals surface area contributed by atoms with Crippen LogP contribution in [0.1, 0.15) is 32.1 Å². The molecular weight excluding hydrogens is 351 g/mol. The van der Waals surface area contributed by atoms with Crippen molar-refractivity contribution in [1.29, 1.82) is 0 Å². The quantitative estimate of drug-likeness (QED) is 0.278. The Kier molecular flexibility index (Phi) is 14.5. The summed E-state index contributed by atoms with van der Waals surface area (Å²) in [7, 11) is 12.4. The first-order chi connectivity index (χ1) is 8.45. The molecule has 0 radical (unpaired) electrons. The number of aliphatic imine (C=N–C) groups is 1. The number of hydrogen-bond donors (Lipinski definition) is 0. The summed E-state index contributed by atoms with van der Waals surface area (Å²) in [5, 5.41) is 0. The molecule has 0 aromatic heterocycles. The van der Waals surface area contributed by atoms with Crippen molar-refractivity contribution in [3.8, 4) is 0 Å². The second kappa shape index (κ2) is 13.0. The van der Waals surface area contributed by atoms with Crippen LogP contribution in [0.3, 0.4) is 0 Å². The summed E-state index contributed by atoms with van der Waals surface area (Å²) in [4.78, 5) is 11.0. The molecule has 0 amide bonds. The first-order valence-corrected chi connectivity index (χ1v) is 6.99. The summed E-state index contributed by atoms with van der Waals surface area (Å²) in [5.41, 5.74) is 0. The van der Waals surface area contributed by atoms with Gasteiger partial charge in [-0.1, -0.05) is 19.3 Å². The molecule has 0 saturated heterocycles. The maximum absolute atomic E-state index is 4.63. The Morgan fingerprint density at radius 3 is 1.68 bits per heavy atom. The minimum atomic E-state index is 0. The maximum Gasteiger partial charge on any atom is 0.195 e. The van der Waals surface area contributed by atoms with Gasteiger partial charge in [-0.2, -0.15) is 0 Å². The molecule has 19 heavy (non-hydrogen) atoms. The van der Waals surface area contributed by atoms with Crippen LogP contribution in [-0.2, 0) is 0 Å². The molecule has 0 aliphatic heterocycles. The van der Waals surface area contributed by atoms with E-state index in [4.69, 9.17) is 0 Å². The minimum Gasteiger partial charge on any atom is -0.349 e. The van der Waals surface area contributed by atoms with Crippen LogP contribution in [0.15, 0.2) is 4.99 Å². The third kappa shape index (κ3) is 12.7. The van der Waals surface area contributed by atoms with Crippen LogP contribution in [0.25, 0.3) is 0 Å². The van der Waals surface area contributed by atoms with Gasteiger partial charge in [-0.15, -0.1) is 24.0 Å². The van der Waals surface area contributed by atoms with E-state index >= 15 is 0 Å². The van der Waals surface area contributed by atoms with Crippen molar-refractivity contribution in [1.82, 2.24) is 14.7 Å². The van der Waals surface area contributed by atoms with Gasteiger partial charge in [-0.3, -0.25) is 4.99 Å². The van der Waals surface area contributed by atoms with Crippen LogP contribution in [0, 0.1) is 0 Å². The first-order valence-electron chi connectivity index (χ1n) is 6.99. The largest absolute Gasteiger partial charge is 0.349 e. The van der Waals surface area contributed by atoms with Crippen molar-refractivity contribution in [2.45, 2.75) is 32.1 Å². The van der Waals surface area contributed by atoms with Crippen LogP contribution in [-0.4, -0.2) is 76.0 Å². The van der Waals surface area contributed by atoms with Crippen LogP contribution in [0.4, 0.5) is 0 Å². The molecule has 0 aliphatic rings. The molecule has 0 N–H and O–H groups in total. The Bertz CT molecular complexity index is 217. The summed E-state index contributed by atoms with van der Waals surface area (Å²) in [6.07, 6.45) is 6.49. The third-order valence-corrected chi connectivity index (χ3v) is 2.82. The first kappa shape index (κ1) is 21.3. The van der Waals surface area contributed by atoms with E-state index in [0.29, 0.717) is 0 Å². The number of guanidine groups is 1. The van der Waals surface area contributed by atoms with E-state index in [1.807, 2.05) is 28.2 Å². The molecule has 5 heteroatoms. The van der Waals surface area contributed by atoms with E-state index < -0.39 is 0 Å². The highest BCUT2D eigenvalue weighted by Crippen LogP contribution is 2.04. The third-order valence-electron chi connectivity index (χ3n) is 2.82. The monoisotopic (exact) mass is 384 g/mol. The van der Waals surface area contributed by atoms with Crippen molar-refractivity contribution < 1.29 is 0 Å². The summed E-state index contributed by atoms with van der Waals surface area (Å²) in [6.45, 7) is 2.16. The molecule has 0 unspecified atom stereocenters. The maximum atomic E-state index is 4.63. The van der Waals surface area contributed by atoms with Gasteiger partial charge in [0.2, 0.25) is 0 Å². The SMILES string of the molecule is CN(C)CCCCCCCN=C(N(C)C)N(C)C.I. The van der Waals surface area contributed by atoms with Crippen molar-refractivity contribution in [2.24, 2.45) is 4.99 Å². The topological polar surface area (TPSA) is 22.1 Å². The Hall–Kier alpha value is -0.0400. The highest BCUT2D eigenvalue weighted by Gasteiger charge is 2.02. The van der Waals surface area contributed by atoms with E-state index in [0.717, 1.165) is 12.5 Å². The molecule has 0 rings (SSSR count). The van der Waals surface area contributed by atoms with Gasteiger partial charge in [0.1, 0.15) is 0 Å². The van der Waals surface area contributed by atoms with Crippen molar-refractivity contribution >= 4 is 29.9 Å². The van der Waals surface area contributed by atoms with Gasteiger partial charge in [0.05, 0.1) is 0 Å². The average Bonchev–Trinajstić information content (AvgIpc) is 2.25. The van der Waals surface area contributed by atoms with Gasteiger partial charge in [-0.25, -0.2) is 0 Å². The Morgan fingerprint density at radius 2 is 1.21 bits per heavy atom. The van der Waals surface area contributed by atoms with Crippen LogP contribution in [0.5, 0.6) is 0 Å². The lowest BCUT2D eigenvalue weighted by Crippen LogP contribution is -2.35. The lowest BCUT2D eigenvalue weighted by atomic mass is 10.1. The van der Waals surface area contributed by atoms with E-state index in [1.54, 1.807) is 0 Å². The zero-order chi connectivity index (χ0) is 14.0. The van der Waals surface area contributed by atoms with E-state index in [9.17, 15) is 0 Å². The molecule has 0 aliphatic carbocycles. The minimum absolute atomic E-state index is 0. The molecule has 0 heterocycles. The van der Waals surface area contributed by atoms with E-state index in [1.165, 1.54) is 38.6 Å². The fourth-order valence-corrected chi connectivity index (χ4v) is 1.93. The second-order valence-corrected chi connectivity index (χ2v) is 5.54. The van der Waals surface area contributed by atoms with Gasteiger partial charge < -0.3 is 14.7 Å². The zero-order valence-corrected chi connectivity index (χ0v) is 16.0. The van der Waals surface area contributed by atoms with Gasteiger partial charge in [0.25, 0.3) is 0 Å². The fourth-order valence-electron chi connectivity index (χ4n) is 1.93. The van der Waals surface area contributed by atoms with Crippen LogP contribution >= 0.6 is 24.0 Å². The van der Waals surface area contributed by atoms with Gasteiger partial charge in [0.15, 0.2) is 5.96 Å². The molecule has 0 atom stereocenters. The van der Waals surface area contributed by atoms with E-state index in [-0.39, 0.29) is 24.0 Å². The predicted octanol–water partition coefficient (Wildman–Crippen LogP) is 2.60. The van der Waals surface area contributed by atoms with Gasteiger partial charge in [0, 0.05) is 34.7 Å². The lowest BCUT2D eigenvalue weighted by molar-refractivity contribution is 0.390. The van der Waals surface area contributed by atoms with Crippen molar-refractivity contribution in [2.75, 3.05) is 55.4 Å². The lowest BCUT2D eigenvalue weighted by Gasteiger charge is -2.22. The Morgan fingerprint density at radius 1 is 0.737 bits per heavy atom. The Labute approximate surface area is 137 Å². The van der Waals surface area contributed by atoms with Gasteiger partial charge in [-0.05, 0) is 33.5 Å². The number of unbranched alkanes of at least 4 members (excludes halogenated alkanes) is 4. The smallest absolute Gasteiger partial charge is 0.195 e.